The van der Waals surface area contributed by atoms with E-state index in [4.69, 9.17) is 11.6 Å². The third kappa shape index (κ3) is 6.75. The van der Waals surface area contributed by atoms with Crippen LogP contribution in [0.3, 0.4) is 0 Å². The first-order valence-corrected chi connectivity index (χ1v) is 11.6. The molecule has 0 spiro atoms. The van der Waals surface area contributed by atoms with Crippen molar-refractivity contribution in [1.82, 2.24) is 5.32 Å². The summed E-state index contributed by atoms with van der Waals surface area (Å²) < 4.78 is 25.5. The summed E-state index contributed by atoms with van der Waals surface area (Å²) in [6, 6.07) is 12.9. The van der Waals surface area contributed by atoms with Crippen LogP contribution in [-0.4, -0.2) is 39.4 Å². The van der Waals surface area contributed by atoms with Crippen molar-refractivity contribution in [3.63, 3.8) is 0 Å². The van der Waals surface area contributed by atoms with E-state index >= 15 is 0 Å². The molecule has 0 unspecified atom stereocenters. The van der Waals surface area contributed by atoms with Crippen LogP contribution in [0.1, 0.15) is 11.1 Å². The molecule has 5 nitrogen and oxygen atoms in total. The van der Waals surface area contributed by atoms with Gasteiger partial charge in [-0.1, -0.05) is 29.3 Å². The van der Waals surface area contributed by atoms with Crippen molar-refractivity contribution in [3.05, 3.63) is 58.6 Å². The summed E-state index contributed by atoms with van der Waals surface area (Å²) in [4.78, 5) is 13.3. The summed E-state index contributed by atoms with van der Waals surface area (Å²) in [6.45, 7) is 3.97. The molecule has 0 fully saturated rings. The summed E-state index contributed by atoms with van der Waals surface area (Å²) in [5.41, 5.74) is 2.37. The molecule has 0 heterocycles. The molecule has 27 heavy (non-hydrogen) atoms. The minimum atomic E-state index is -3.57. The summed E-state index contributed by atoms with van der Waals surface area (Å²) in [5, 5.41) is 3.46. The fourth-order valence-corrected chi connectivity index (χ4v) is 4.35. The molecule has 0 aromatic heterocycles. The maximum absolute atomic E-state index is 12.3. The van der Waals surface area contributed by atoms with Gasteiger partial charge in [0.2, 0.25) is 15.9 Å². The van der Waals surface area contributed by atoms with Crippen molar-refractivity contribution in [2.45, 2.75) is 18.7 Å². The lowest BCUT2D eigenvalue weighted by atomic mass is 10.1. The Kier molecular flexibility index (Phi) is 7.59. The van der Waals surface area contributed by atoms with Crippen LogP contribution in [0.2, 0.25) is 5.02 Å². The van der Waals surface area contributed by atoms with Gasteiger partial charge in [-0.25, -0.2) is 8.42 Å². The summed E-state index contributed by atoms with van der Waals surface area (Å²) in [7, 11) is -3.57. The Balaban J connectivity index is 1.93. The molecule has 8 heteroatoms. The van der Waals surface area contributed by atoms with E-state index in [1.165, 1.54) is 0 Å². The molecule has 0 aliphatic heterocycles. The lowest BCUT2D eigenvalue weighted by molar-refractivity contribution is -0.119. The van der Waals surface area contributed by atoms with Gasteiger partial charge < -0.3 is 5.32 Å². The van der Waals surface area contributed by atoms with Gasteiger partial charge >= 0.3 is 0 Å². The largest absolute Gasteiger partial charge is 0.354 e. The molecule has 0 radical (unpaired) electrons. The molecule has 2 rings (SSSR count). The molecule has 0 saturated heterocycles. The quantitative estimate of drug-likeness (QED) is 0.517. The molecule has 2 aromatic rings. The number of nitrogens with zero attached hydrogens (tertiary/aromatic N) is 1. The number of anilines is 1. The third-order valence-corrected chi connectivity index (χ3v) is 6.21. The fraction of sp³-hybridized carbons (Fsp3) is 0.316. The van der Waals surface area contributed by atoms with Gasteiger partial charge in [0, 0.05) is 22.2 Å². The molecule has 1 amide bonds. The molecule has 0 bridgehead atoms. The second kappa shape index (κ2) is 9.48. The highest BCUT2D eigenvalue weighted by Gasteiger charge is 2.22. The number of hydrogen-bond acceptors (Lipinski definition) is 4. The van der Waals surface area contributed by atoms with Crippen molar-refractivity contribution in [3.8, 4) is 0 Å². The first-order chi connectivity index (χ1) is 12.7. The van der Waals surface area contributed by atoms with Gasteiger partial charge in [-0.2, -0.15) is 0 Å². The van der Waals surface area contributed by atoms with E-state index in [1.54, 1.807) is 17.8 Å². The van der Waals surface area contributed by atoms with Crippen molar-refractivity contribution >= 4 is 45.0 Å². The summed E-state index contributed by atoms with van der Waals surface area (Å²) in [6.07, 6.45) is 1.11. The predicted octanol–water partition coefficient (Wildman–Crippen LogP) is 3.63. The number of hydrogen-bond donors (Lipinski definition) is 1. The third-order valence-electron chi connectivity index (χ3n) is 3.82. The van der Waals surface area contributed by atoms with Gasteiger partial charge in [-0.15, -0.1) is 11.8 Å². The normalized spacial score (nSPS) is 11.3. The van der Waals surface area contributed by atoms with Crippen molar-refractivity contribution in [2.75, 3.05) is 29.4 Å². The van der Waals surface area contributed by atoms with Crippen LogP contribution in [0, 0.1) is 13.8 Å². The molecule has 2 aromatic carbocycles. The van der Waals surface area contributed by atoms with Crippen molar-refractivity contribution in [2.24, 2.45) is 0 Å². The van der Waals surface area contributed by atoms with Crippen LogP contribution in [0.5, 0.6) is 0 Å². The Bertz CT molecular complexity index is 900. The van der Waals surface area contributed by atoms with Crippen LogP contribution in [0.25, 0.3) is 0 Å². The van der Waals surface area contributed by atoms with E-state index < -0.39 is 10.0 Å². The number of aryl methyl sites for hydroxylation is 2. The zero-order valence-electron chi connectivity index (χ0n) is 15.5. The van der Waals surface area contributed by atoms with Gasteiger partial charge in [0.05, 0.1) is 11.9 Å². The number of sulfonamides is 1. The highest BCUT2D eigenvalue weighted by atomic mass is 35.5. The highest BCUT2D eigenvalue weighted by molar-refractivity contribution is 7.99. The maximum atomic E-state index is 12.3. The standard InChI is InChI=1S/C19H23ClN2O3S2/c1-14-4-9-18(15(2)12-14)22(27(3,24)25)13-19(23)21-10-11-26-17-7-5-16(20)6-8-17/h4-9,12H,10-11,13H2,1-3H3,(H,21,23). The number of carbonyl (C=O) groups excluding carboxylic acids is 1. The molecule has 1 N–H and O–H groups in total. The number of rotatable bonds is 8. The number of benzene rings is 2. The zero-order chi connectivity index (χ0) is 20.0. The van der Waals surface area contributed by atoms with Gasteiger partial charge in [0.25, 0.3) is 0 Å². The highest BCUT2D eigenvalue weighted by Crippen LogP contribution is 2.23. The van der Waals surface area contributed by atoms with Gasteiger partial charge in [-0.3, -0.25) is 9.10 Å². The number of amides is 1. The zero-order valence-corrected chi connectivity index (χ0v) is 17.9. The Hall–Kier alpha value is -1.70. The van der Waals surface area contributed by atoms with E-state index in [9.17, 15) is 13.2 Å². The Labute approximate surface area is 170 Å². The Morgan fingerprint density at radius 3 is 2.41 bits per heavy atom. The molecule has 146 valence electrons. The number of carbonyl (C=O) groups is 1. The maximum Gasteiger partial charge on any atom is 0.240 e. The predicted molar refractivity (Wildman–Crippen MR) is 113 cm³/mol. The SMILES string of the molecule is Cc1ccc(N(CC(=O)NCCSc2ccc(Cl)cc2)S(C)(=O)=O)c(C)c1. The molecule has 0 saturated carbocycles. The minimum absolute atomic E-state index is 0.242. The van der Waals surface area contributed by atoms with E-state index in [1.807, 2.05) is 50.2 Å². The molecule has 0 aliphatic rings. The summed E-state index contributed by atoms with van der Waals surface area (Å²) in [5.74, 6) is 0.340. The van der Waals surface area contributed by atoms with Crippen LogP contribution >= 0.6 is 23.4 Å². The van der Waals surface area contributed by atoms with Crippen LogP contribution < -0.4 is 9.62 Å². The van der Waals surface area contributed by atoms with E-state index in [0.29, 0.717) is 23.0 Å². The second-order valence-electron chi connectivity index (χ2n) is 6.21. The van der Waals surface area contributed by atoms with Gasteiger partial charge in [-0.05, 0) is 49.7 Å². The molecule has 0 aliphatic carbocycles. The van der Waals surface area contributed by atoms with E-state index in [-0.39, 0.29) is 12.5 Å². The smallest absolute Gasteiger partial charge is 0.240 e. The molecule has 0 atom stereocenters. The lowest BCUT2D eigenvalue weighted by Gasteiger charge is -2.24. The topological polar surface area (TPSA) is 66.5 Å². The lowest BCUT2D eigenvalue weighted by Crippen LogP contribution is -2.41. The van der Waals surface area contributed by atoms with E-state index in [0.717, 1.165) is 26.6 Å². The Morgan fingerprint density at radius 1 is 1.15 bits per heavy atom. The van der Waals surface area contributed by atoms with Gasteiger partial charge in [0.15, 0.2) is 0 Å². The van der Waals surface area contributed by atoms with Crippen molar-refractivity contribution in [1.29, 1.82) is 0 Å². The minimum Gasteiger partial charge on any atom is -0.354 e. The van der Waals surface area contributed by atoms with Crippen molar-refractivity contribution < 1.29 is 13.2 Å². The first kappa shape index (κ1) is 21.6. The fourth-order valence-electron chi connectivity index (χ4n) is 2.54. The average molecular weight is 427 g/mol. The second-order valence-corrected chi connectivity index (χ2v) is 9.72. The number of halogens is 1. The van der Waals surface area contributed by atoms with Gasteiger partial charge in [0.1, 0.15) is 6.54 Å². The Morgan fingerprint density at radius 2 is 1.81 bits per heavy atom. The monoisotopic (exact) mass is 426 g/mol. The van der Waals surface area contributed by atoms with Crippen LogP contribution in [-0.2, 0) is 14.8 Å². The average Bonchev–Trinajstić information content (AvgIpc) is 2.58. The summed E-state index contributed by atoms with van der Waals surface area (Å²) >= 11 is 7.44. The van der Waals surface area contributed by atoms with Crippen LogP contribution in [0.4, 0.5) is 5.69 Å². The molecular weight excluding hydrogens is 404 g/mol. The number of nitrogens with one attached hydrogen (secondary N) is 1. The first-order valence-electron chi connectivity index (χ1n) is 8.37. The van der Waals surface area contributed by atoms with E-state index in [2.05, 4.69) is 5.32 Å². The van der Waals surface area contributed by atoms with Crippen LogP contribution in [0.15, 0.2) is 47.4 Å². The molecular formula is C19H23ClN2O3S2. The number of thioether (sulfide) groups is 1.